The van der Waals surface area contributed by atoms with Crippen molar-refractivity contribution in [2.45, 2.75) is 12.6 Å². The van der Waals surface area contributed by atoms with Crippen molar-refractivity contribution in [3.8, 4) is 17.2 Å². The van der Waals surface area contributed by atoms with Crippen molar-refractivity contribution in [2.24, 2.45) is 0 Å². The molecular formula is C20H19BrF3NO5. The number of amides is 1. The van der Waals surface area contributed by atoms with Gasteiger partial charge in [0.05, 0.1) is 24.3 Å². The van der Waals surface area contributed by atoms with Crippen molar-refractivity contribution in [1.29, 1.82) is 0 Å². The highest BCUT2D eigenvalue weighted by Crippen LogP contribution is 2.37. The number of halogens is 4. The molecule has 0 radical (unpaired) electrons. The first-order valence-corrected chi connectivity index (χ1v) is 9.78. The first-order valence-electron chi connectivity index (χ1n) is 8.99. The number of methoxy groups -OCH3 is 1. The Morgan fingerprint density at radius 1 is 1.13 bits per heavy atom. The summed E-state index contributed by atoms with van der Waals surface area (Å²) < 4.78 is 61.2. The summed E-state index contributed by atoms with van der Waals surface area (Å²) in [5.74, 6) is 0.678. The van der Waals surface area contributed by atoms with E-state index in [9.17, 15) is 18.0 Å². The molecule has 162 valence electrons. The number of carbonyl (C=O) groups excluding carboxylic acids is 1. The fraction of sp³-hybridized carbons (Fsp3) is 0.350. The number of hydrogen-bond acceptors (Lipinski definition) is 5. The first-order chi connectivity index (χ1) is 14.3. The Balaban J connectivity index is 1.79. The Hall–Kier alpha value is -2.46. The third kappa shape index (κ3) is 5.57. The average molecular weight is 490 g/mol. The summed E-state index contributed by atoms with van der Waals surface area (Å²) in [6.45, 7) is 1.20. The van der Waals surface area contributed by atoms with Crippen LogP contribution in [0, 0.1) is 0 Å². The van der Waals surface area contributed by atoms with E-state index in [4.69, 9.17) is 18.9 Å². The molecule has 1 aliphatic rings. The number of ether oxygens (including phenoxy) is 4. The highest BCUT2D eigenvalue weighted by molar-refractivity contribution is 9.10. The van der Waals surface area contributed by atoms with Gasteiger partial charge in [-0.25, -0.2) is 0 Å². The molecule has 6 nitrogen and oxygen atoms in total. The smallest absolute Gasteiger partial charge is 0.416 e. The Labute approximate surface area is 179 Å². The maximum Gasteiger partial charge on any atom is 0.416 e. The van der Waals surface area contributed by atoms with Gasteiger partial charge in [-0.05, 0) is 35.9 Å². The van der Waals surface area contributed by atoms with Crippen molar-refractivity contribution in [1.82, 2.24) is 0 Å². The van der Waals surface area contributed by atoms with Gasteiger partial charge in [-0.15, -0.1) is 0 Å². The number of alkyl halides is 3. The molecule has 1 N–H and O–H groups in total. The molecule has 3 rings (SSSR count). The summed E-state index contributed by atoms with van der Waals surface area (Å²) in [6, 6.07) is 6.28. The van der Waals surface area contributed by atoms with E-state index in [2.05, 4.69) is 21.2 Å². The van der Waals surface area contributed by atoms with Gasteiger partial charge in [0.2, 0.25) is 5.91 Å². The zero-order valence-corrected chi connectivity index (χ0v) is 17.6. The van der Waals surface area contributed by atoms with Crippen molar-refractivity contribution in [3.63, 3.8) is 0 Å². The predicted octanol–water partition coefficient (Wildman–Crippen LogP) is 4.45. The van der Waals surface area contributed by atoms with Gasteiger partial charge in [-0.2, -0.15) is 13.2 Å². The van der Waals surface area contributed by atoms with Crippen LogP contribution in [0.4, 0.5) is 18.9 Å². The summed E-state index contributed by atoms with van der Waals surface area (Å²) in [5.41, 5.74) is -0.359. The second kappa shape index (κ2) is 9.57. The summed E-state index contributed by atoms with van der Waals surface area (Å²) in [6.07, 6.45) is -4.64. The van der Waals surface area contributed by atoms with Crippen LogP contribution in [0.1, 0.15) is 11.1 Å². The molecule has 2 aromatic rings. The molecular weight excluding hydrogens is 471 g/mol. The highest BCUT2D eigenvalue weighted by Gasteiger charge is 2.31. The minimum Gasteiger partial charge on any atom is -0.489 e. The lowest BCUT2D eigenvalue weighted by Gasteiger charge is -2.20. The number of rotatable bonds is 7. The number of hydrogen-bond donors (Lipinski definition) is 1. The van der Waals surface area contributed by atoms with Crippen LogP contribution >= 0.6 is 15.9 Å². The molecule has 0 aliphatic carbocycles. The average Bonchev–Trinajstić information content (AvgIpc) is 2.69. The van der Waals surface area contributed by atoms with Crippen LogP contribution in [-0.2, 0) is 22.1 Å². The van der Waals surface area contributed by atoms with Crippen LogP contribution in [0.5, 0.6) is 17.2 Å². The topological polar surface area (TPSA) is 66.0 Å². The molecule has 0 fully saturated rings. The normalized spacial score (nSPS) is 13.1. The van der Waals surface area contributed by atoms with Gasteiger partial charge in [0.25, 0.3) is 0 Å². The molecule has 10 heteroatoms. The van der Waals surface area contributed by atoms with E-state index in [-0.39, 0.29) is 31.1 Å². The monoisotopic (exact) mass is 489 g/mol. The van der Waals surface area contributed by atoms with E-state index in [1.807, 2.05) is 0 Å². The quantitative estimate of drug-likeness (QED) is 0.582. The first kappa shape index (κ1) is 22.2. The third-order valence-electron chi connectivity index (χ3n) is 4.19. The van der Waals surface area contributed by atoms with Gasteiger partial charge in [0.15, 0.2) is 11.5 Å². The van der Waals surface area contributed by atoms with Crippen LogP contribution in [0.25, 0.3) is 0 Å². The van der Waals surface area contributed by atoms with Crippen molar-refractivity contribution in [3.05, 3.63) is 45.9 Å². The lowest BCUT2D eigenvalue weighted by Crippen LogP contribution is -2.18. The molecule has 0 bridgehead atoms. The Kier molecular flexibility index (Phi) is 7.09. The Bertz CT molecular complexity index is 920. The molecule has 0 spiro atoms. The highest BCUT2D eigenvalue weighted by atomic mass is 79.9. The lowest BCUT2D eigenvalue weighted by molar-refractivity contribution is -0.137. The number of benzene rings is 2. The number of carbonyl (C=O) groups is 1. The summed E-state index contributed by atoms with van der Waals surface area (Å²) >= 11 is 3.38. The molecule has 0 unspecified atom stereocenters. The summed E-state index contributed by atoms with van der Waals surface area (Å²) in [7, 11) is 1.48. The second-order valence-corrected chi connectivity index (χ2v) is 7.22. The minimum absolute atomic E-state index is 0.0698. The van der Waals surface area contributed by atoms with Crippen LogP contribution in [-0.4, -0.2) is 39.4 Å². The van der Waals surface area contributed by atoms with E-state index in [1.54, 1.807) is 12.1 Å². The van der Waals surface area contributed by atoms with Crippen LogP contribution in [0.2, 0.25) is 0 Å². The molecule has 0 saturated heterocycles. The maximum atomic E-state index is 13.1. The molecule has 0 aromatic heterocycles. The van der Waals surface area contributed by atoms with E-state index in [0.717, 1.165) is 12.1 Å². The fourth-order valence-corrected chi connectivity index (χ4v) is 3.24. The van der Waals surface area contributed by atoms with E-state index >= 15 is 0 Å². The molecule has 1 amide bonds. The van der Waals surface area contributed by atoms with Gasteiger partial charge in [0.1, 0.15) is 25.6 Å². The van der Waals surface area contributed by atoms with Crippen molar-refractivity contribution in [2.75, 3.05) is 38.9 Å². The minimum atomic E-state index is -4.55. The lowest BCUT2D eigenvalue weighted by atomic mass is 10.1. The van der Waals surface area contributed by atoms with Crippen LogP contribution in [0.15, 0.2) is 34.8 Å². The Morgan fingerprint density at radius 2 is 1.83 bits per heavy atom. The van der Waals surface area contributed by atoms with Gasteiger partial charge in [-0.3, -0.25) is 4.79 Å². The zero-order chi connectivity index (χ0) is 21.7. The van der Waals surface area contributed by atoms with Gasteiger partial charge < -0.3 is 24.3 Å². The molecule has 0 saturated carbocycles. The van der Waals surface area contributed by atoms with E-state index in [1.165, 1.54) is 13.2 Å². The van der Waals surface area contributed by atoms with Crippen LogP contribution < -0.4 is 19.5 Å². The van der Waals surface area contributed by atoms with Crippen molar-refractivity contribution < 1.29 is 36.9 Å². The van der Waals surface area contributed by atoms with E-state index < -0.39 is 17.6 Å². The largest absolute Gasteiger partial charge is 0.489 e. The molecule has 2 aromatic carbocycles. The van der Waals surface area contributed by atoms with Gasteiger partial charge in [-0.1, -0.05) is 15.9 Å². The third-order valence-corrected chi connectivity index (χ3v) is 4.93. The summed E-state index contributed by atoms with van der Waals surface area (Å²) in [5, 5.41) is 2.51. The number of fused-ring (bicyclic) bond motifs is 1. The maximum absolute atomic E-state index is 13.1. The Morgan fingerprint density at radius 3 is 2.50 bits per heavy atom. The second-order valence-electron chi connectivity index (χ2n) is 6.36. The number of anilines is 1. The standard InChI is InChI=1S/C20H19BrF3NO5/c1-27-4-5-28-16-3-2-13(20(22,23)24)10-15(16)25-19(26)9-12-8-17-18(11-14(12)21)30-7-6-29-17/h2-3,8,10-11H,4-7,9H2,1H3,(H,25,26). The molecule has 0 atom stereocenters. The summed E-state index contributed by atoms with van der Waals surface area (Å²) in [4.78, 5) is 12.6. The predicted molar refractivity (Wildman–Crippen MR) is 106 cm³/mol. The van der Waals surface area contributed by atoms with E-state index in [0.29, 0.717) is 34.7 Å². The molecule has 1 aliphatic heterocycles. The van der Waals surface area contributed by atoms with Crippen LogP contribution in [0.3, 0.4) is 0 Å². The van der Waals surface area contributed by atoms with Gasteiger partial charge >= 0.3 is 6.18 Å². The van der Waals surface area contributed by atoms with Crippen molar-refractivity contribution >= 4 is 27.5 Å². The SMILES string of the molecule is COCCOc1ccc(C(F)(F)F)cc1NC(=O)Cc1cc2c(cc1Br)OCCO2. The zero-order valence-electron chi connectivity index (χ0n) is 16.0. The number of nitrogens with one attached hydrogen (secondary N) is 1. The van der Waals surface area contributed by atoms with Gasteiger partial charge in [0, 0.05) is 11.6 Å². The molecule has 1 heterocycles. The molecule has 30 heavy (non-hydrogen) atoms. The fourth-order valence-electron chi connectivity index (χ4n) is 2.77.